The number of aromatic nitrogens is 3. The molecule has 2 heterocycles. The zero-order valence-corrected chi connectivity index (χ0v) is 15.6. The molecule has 2 aromatic heterocycles. The molecule has 0 bridgehead atoms. The number of rotatable bonds is 4. The Bertz CT molecular complexity index is 1090. The highest BCUT2D eigenvalue weighted by molar-refractivity contribution is 7.13. The van der Waals surface area contributed by atoms with Gasteiger partial charge in [0.15, 0.2) is 5.13 Å². The van der Waals surface area contributed by atoms with Crippen molar-refractivity contribution in [2.75, 3.05) is 5.32 Å². The van der Waals surface area contributed by atoms with Crippen LogP contribution < -0.4 is 5.32 Å². The average molecular weight is 376 g/mol. The number of carbonyl (C=O) groups is 1. The van der Waals surface area contributed by atoms with E-state index in [9.17, 15) is 4.79 Å². The molecule has 27 heavy (non-hydrogen) atoms. The van der Waals surface area contributed by atoms with Crippen molar-refractivity contribution in [3.63, 3.8) is 0 Å². The van der Waals surface area contributed by atoms with E-state index in [2.05, 4.69) is 20.5 Å². The number of hydrogen-bond donors (Lipinski definition) is 1. The molecular weight excluding hydrogens is 360 g/mol. The van der Waals surface area contributed by atoms with Gasteiger partial charge in [-0.2, -0.15) is 0 Å². The molecule has 0 saturated heterocycles. The second-order valence-electron chi connectivity index (χ2n) is 6.02. The molecule has 0 aliphatic heterocycles. The highest BCUT2D eigenvalue weighted by atomic mass is 32.1. The van der Waals surface area contributed by atoms with Gasteiger partial charge in [0.05, 0.1) is 0 Å². The van der Waals surface area contributed by atoms with Crippen LogP contribution in [-0.2, 0) is 0 Å². The Labute approximate surface area is 159 Å². The van der Waals surface area contributed by atoms with Crippen LogP contribution >= 0.6 is 11.3 Å². The van der Waals surface area contributed by atoms with Gasteiger partial charge < -0.3 is 4.42 Å². The summed E-state index contributed by atoms with van der Waals surface area (Å²) in [7, 11) is 0. The van der Waals surface area contributed by atoms with Crippen molar-refractivity contribution < 1.29 is 9.21 Å². The molecule has 1 N–H and O–H groups in total. The zero-order chi connectivity index (χ0) is 18.8. The van der Waals surface area contributed by atoms with Crippen molar-refractivity contribution in [1.82, 2.24) is 15.2 Å². The fraction of sp³-hybridized carbons (Fsp3) is 0.100. The first-order valence-corrected chi connectivity index (χ1v) is 9.20. The van der Waals surface area contributed by atoms with Crippen molar-refractivity contribution >= 4 is 22.4 Å². The minimum Gasteiger partial charge on any atom is -0.421 e. The summed E-state index contributed by atoms with van der Waals surface area (Å²) in [5, 5.41) is 13.1. The van der Waals surface area contributed by atoms with E-state index in [0.717, 1.165) is 22.3 Å². The number of anilines is 1. The summed E-state index contributed by atoms with van der Waals surface area (Å²) in [5.41, 5.74) is 4.53. The van der Waals surface area contributed by atoms with E-state index < -0.39 is 0 Å². The van der Waals surface area contributed by atoms with Gasteiger partial charge >= 0.3 is 0 Å². The molecule has 0 atom stereocenters. The van der Waals surface area contributed by atoms with E-state index in [1.807, 2.05) is 54.8 Å². The van der Waals surface area contributed by atoms with Gasteiger partial charge in [-0.25, -0.2) is 4.98 Å². The van der Waals surface area contributed by atoms with Gasteiger partial charge in [0.25, 0.3) is 5.91 Å². The SMILES string of the molecule is Cc1nnc(-c2ccc(-c3cc(C(=O)Nc4nccs4)ccc3C)cc2)o1. The third kappa shape index (κ3) is 3.63. The summed E-state index contributed by atoms with van der Waals surface area (Å²) in [6.45, 7) is 3.78. The first-order chi connectivity index (χ1) is 13.1. The number of thiazole rings is 1. The van der Waals surface area contributed by atoms with Crippen LogP contribution in [0.5, 0.6) is 0 Å². The van der Waals surface area contributed by atoms with E-state index in [1.165, 1.54) is 11.3 Å². The topological polar surface area (TPSA) is 80.9 Å². The number of nitrogens with one attached hydrogen (secondary N) is 1. The molecule has 0 spiro atoms. The smallest absolute Gasteiger partial charge is 0.257 e. The molecule has 0 saturated carbocycles. The maximum absolute atomic E-state index is 12.5. The zero-order valence-electron chi connectivity index (χ0n) is 14.8. The molecule has 1 amide bonds. The van der Waals surface area contributed by atoms with Crippen LogP contribution in [0.15, 0.2) is 58.5 Å². The summed E-state index contributed by atoms with van der Waals surface area (Å²) in [6, 6.07) is 13.5. The fourth-order valence-electron chi connectivity index (χ4n) is 2.73. The maximum atomic E-state index is 12.5. The van der Waals surface area contributed by atoms with Crippen LogP contribution in [0.3, 0.4) is 0 Å². The summed E-state index contributed by atoms with van der Waals surface area (Å²) < 4.78 is 5.46. The van der Waals surface area contributed by atoms with Crippen molar-refractivity contribution in [2.24, 2.45) is 0 Å². The third-order valence-corrected chi connectivity index (χ3v) is 4.81. The van der Waals surface area contributed by atoms with E-state index >= 15 is 0 Å². The van der Waals surface area contributed by atoms with Crippen LogP contribution in [0.4, 0.5) is 5.13 Å². The monoisotopic (exact) mass is 376 g/mol. The average Bonchev–Trinajstić information content (AvgIpc) is 3.34. The number of amides is 1. The number of carbonyl (C=O) groups excluding carboxylic acids is 1. The molecular formula is C20H16N4O2S. The second kappa shape index (κ2) is 7.13. The molecule has 0 radical (unpaired) electrons. The third-order valence-electron chi connectivity index (χ3n) is 4.12. The Kier molecular flexibility index (Phi) is 4.52. The fourth-order valence-corrected chi connectivity index (χ4v) is 3.26. The van der Waals surface area contributed by atoms with Crippen LogP contribution in [-0.4, -0.2) is 21.1 Å². The van der Waals surface area contributed by atoms with Crippen molar-refractivity contribution in [3.05, 3.63) is 71.1 Å². The van der Waals surface area contributed by atoms with Gasteiger partial charge in [-0.1, -0.05) is 18.2 Å². The molecule has 4 aromatic rings. The normalized spacial score (nSPS) is 10.7. The Balaban J connectivity index is 1.62. The lowest BCUT2D eigenvalue weighted by Gasteiger charge is -2.09. The summed E-state index contributed by atoms with van der Waals surface area (Å²) in [5.74, 6) is 0.848. The highest BCUT2D eigenvalue weighted by Gasteiger charge is 2.12. The van der Waals surface area contributed by atoms with Gasteiger partial charge in [-0.15, -0.1) is 21.5 Å². The number of nitrogens with zero attached hydrogens (tertiary/aromatic N) is 3. The van der Waals surface area contributed by atoms with E-state index in [-0.39, 0.29) is 5.91 Å². The van der Waals surface area contributed by atoms with Crippen LogP contribution in [0, 0.1) is 13.8 Å². The van der Waals surface area contributed by atoms with Gasteiger partial charge in [0, 0.05) is 29.6 Å². The number of aryl methyl sites for hydroxylation is 2. The van der Waals surface area contributed by atoms with E-state index in [0.29, 0.717) is 22.5 Å². The molecule has 0 fully saturated rings. The minimum atomic E-state index is -0.177. The lowest BCUT2D eigenvalue weighted by molar-refractivity contribution is 0.102. The quantitative estimate of drug-likeness (QED) is 0.557. The highest BCUT2D eigenvalue weighted by Crippen LogP contribution is 2.28. The summed E-state index contributed by atoms with van der Waals surface area (Å²) >= 11 is 1.39. The van der Waals surface area contributed by atoms with Crippen molar-refractivity contribution in [3.8, 4) is 22.6 Å². The number of benzene rings is 2. The maximum Gasteiger partial charge on any atom is 0.257 e. The molecule has 6 nitrogen and oxygen atoms in total. The van der Waals surface area contributed by atoms with E-state index in [4.69, 9.17) is 4.42 Å². The predicted octanol–water partition coefficient (Wildman–Crippen LogP) is 4.73. The summed E-state index contributed by atoms with van der Waals surface area (Å²) in [6.07, 6.45) is 1.66. The molecule has 134 valence electrons. The van der Waals surface area contributed by atoms with Crippen LogP contribution in [0.25, 0.3) is 22.6 Å². The molecule has 0 unspecified atom stereocenters. The van der Waals surface area contributed by atoms with Crippen LogP contribution in [0.1, 0.15) is 21.8 Å². The van der Waals surface area contributed by atoms with Gasteiger partial charge in [-0.05, 0) is 47.9 Å². The van der Waals surface area contributed by atoms with E-state index in [1.54, 1.807) is 13.1 Å². The largest absolute Gasteiger partial charge is 0.421 e. The Morgan fingerprint density at radius 1 is 1.04 bits per heavy atom. The van der Waals surface area contributed by atoms with Crippen molar-refractivity contribution in [2.45, 2.75) is 13.8 Å². The second-order valence-corrected chi connectivity index (χ2v) is 6.92. The minimum absolute atomic E-state index is 0.177. The van der Waals surface area contributed by atoms with Gasteiger partial charge in [0.2, 0.25) is 11.8 Å². The Hall–Kier alpha value is -3.32. The predicted molar refractivity (Wildman–Crippen MR) is 105 cm³/mol. The summed E-state index contributed by atoms with van der Waals surface area (Å²) in [4.78, 5) is 16.6. The molecule has 4 rings (SSSR count). The Morgan fingerprint density at radius 3 is 2.48 bits per heavy atom. The number of hydrogen-bond acceptors (Lipinski definition) is 6. The van der Waals surface area contributed by atoms with Gasteiger partial charge in [-0.3, -0.25) is 10.1 Å². The van der Waals surface area contributed by atoms with Gasteiger partial charge in [0.1, 0.15) is 0 Å². The lowest BCUT2D eigenvalue weighted by atomic mass is 9.97. The standard InChI is InChI=1S/C20H16N4O2S/c1-12-3-4-16(18(25)22-20-21-9-10-27-20)11-17(12)14-5-7-15(8-6-14)19-24-23-13(2)26-19/h3-11H,1-2H3,(H,21,22,25). The molecule has 0 aliphatic rings. The molecule has 7 heteroatoms. The molecule has 2 aromatic carbocycles. The van der Waals surface area contributed by atoms with Crippen LogP contribution in [0.2, 0.25) is 0 Å². The first-order valence-electron chi connectivity index (χ1n) is 8.32. The first kappa shape index (κ1) is 17.1. The van der Waals surface area contributed by atoms with Crippen molar-refractivity contribution in [1.29, 1.82) is 0 Å². The Morgan fingerprint density at radius 2 is 1.81 bits per heavy atom. The lowest BCUT2D eigenvalue weighted by Crippen LogP contribution is -2.11. The molecule has 0 aliphatic carbocycles.